The normalized spacial score (nSPS) is 14.1. The van der Waals surface area contributed by atoms with Crippen LogP contribution in [-0.4, -0.2) is 37.0 Å². The fourth-order valence-corrected chi connectivity index (χ4v) is 3.57. The topological polar surface area (TPSA) is 140 Å². The predicted molar refractivity (Wildman–Crippen MR) is 115 cm³/mol. The zero-order valence-corrected chi connectivity index (χ0v) is 17.4. The molecule has 0 saturated heterocycles. The molecule has 1 aromatic carbocycles. The van der Waals surface area contributed by atoms with E-state index in [9.17, 15) is 14.0 Å². The van der Waals surface area contributed by atoms with Gasteiger partial charge in [0.25, 0.3) is 0 Å². The molecule has 4 aromatic rings. The van der Waals surface area contributed by atoms with Crippen molar-refractivity contribution in [2.75, 3.05) is 4.90 Å². The number of hydrogen-bond acceptors (Lipinski definition) is 7. The molecule has 0 spiro atoms. The van der Waals surface area contributed by atoms with Crippen LogP contribution in [0.1, 0.15) is 18.5 Å². The fourth-order valence-electron chi connectivity index (χ4n) is 3.57. The van der Waals surface area contributed by atoms with E-state index >= 15 is 0 Å². The number of rotatable bonds is 6. The lowest BCUT2D eigenvalue weighted by Crippen LogP contribution is -2.42. The minimum absolute atomic E-state index is 0.00542. The van der Waals surface area contributed by atoms with E-state index in [2.05, 4.69) is 25.1 Å². The summed E-state index contributed by atoms with van der Waals surface area (Å²) in [5.41, 5.74) is 5.79. The van der Waals surface area contributed by atoms with E-state index in [0.717, 1.165) is 11.1 Å². The first-order chi connectivity index (χ1) is 15.9. The van der Waals surface area contributed by atoms with Gasteiger partial charge < -0.3 is 10.5 Å². The molecular weight excluding hydrogens is 429 g/mol. The molecule has 0 bridgehead atoms. The third-order valence-electron chi connectivity index (χ3n) is 5.56. The van der Waals surface area contributed by atoms with Crippen molar-refractivity contribution in [3.05, 3.63) is 60.4 Å². The van der Waals surface area contributed by atoms with Gasteiger partial charge in [-0.2, -0.15) is 5.10 Å². The van der Waals surface area contributed by atoms with Gasteiger partial charge in [0.05, 0.1) is 23.5 Å². The number of H-pyrrole nitrogens is 1. The highest BCUT2D eigenvalue weighted by Crippen LogP contribution is 2.48. The number of pyridine rings is 1. The lowest BCUT2D eigenvalue weighted by atomic mass is 10.0. The molecule has 11 heteroatoms. The Morgan fingerprint density at radius 2 is 1.82 bits per heavy atom. The number of hydrogen-bond donors (Lipinski definition) is 2. The number of aromatic amines is 1. The minimum atomic E-state index is -1.31. The molecule has 5 rings (SSSR count). The summed E-state index contributed by atoms with van der Waals surface area (Å²) in [6.45, 7) is 1.85. The van der Waals surface area contributed by atoms with Crippen LogP contribution < -0.4 is 15.4 Å². The smallest absolute Gasteiger partial charge is 0.249 e. The summed E-state index contributed by atoms with van der Waals surface area (Å²) >= 11 is 0. The molecule has 1 fully saturated rings. The lowest BCUT2D eigenvalue weighted by molar-refractivity contribution is -0.133. The molecular formula is C22H18FN7O3. The van der Waals surface area contributed by atoms with E-state index in [4.69, 9.17) is 10.5 Å². The van der Waals surface area contributed by atoms with E-state index in [1.54, 1.807) is 12.3 Å². The summed E-state index contributed by atoms with van der Waals surface area (Å²) in [6, 6.07) is 6.93. The number of amides is 2. The van der Waals surface area contributed by atoms with Gasteiger partial charge in [0, 0.05) is 11.9 Å². The number of carbonyl (C=O) groups excluding carboxylic acids is 2. The Hall–Kier alpha value is -4.41. The number of primary amides is 1. The maximum absolute atomic E-state index is 13.5. The van der Waals surface area contributed by atoms with Gasteiger partial charge in [0.15, 0.2) is 11.4 Å². The zero-order valence-electron chi connectivity index (χ0n) is 17.4. The van der Waals surface area contributed by atoms with Crippen LogP contribution in [0, 0.1) is 18.2 Å². The second-order valence-corrected chi connectivity index (χ2v) is 7.74. The van der Waals surface area contributed by atoms with Crippen molar-refractivity contribution in [1.29, 1.82) is 0 Å². The number of aromatic nitrogens is 5. The second kappa shape index (κ2) is 7.62. The molecule has 3 aromatic heterocycles. The summed E-state index contributed by atoms with van der Waals surface area (Å²) in [6.07, 6.45) is 5.04. The average molecular weight is 447 g/mol. The Labute approximate surface area is 186 Å². The van der Waals surface area contributed by atoms with E-state index in [-0.39, 0.29) is 5.95 Å². The lowest BCUT2D eigenvalue weighted by Gasteiger charge is -2.24. The van der Waals surface area contributed by atoms with Gasteiger partial charge in [-0.1, -0.05) is 0 Å². The van der Waals surface area contributed by atoms with E-state index in [0.29, 0.717) is 35.7 Å². The predicted octanol–water partition coefficient (Wildman–Crippen LogP) is 2.92. The van der Waals surface area contributed by atoms with Gasteiger partial charge >= 0.3 is 0 Å². The number of nitrogens with one attached hydrogen (secondary N) is 1. The molecule has 10 nitrogen and oxygen atoms in total. The number of nitrogens with zero attached hydrogens (tertiary/aromatic N) is 5. The highest BCUT2D eigenvalue weighted by molar-refractivity contribution is 6.15. The molecule has 0 unspecified atom stereocenters. The first kappa shape index (κ1) is 20.5. The van der Waals surface area contributed by atoms with E-state index in [1.807, 2.05) is 6.92 Å². The van der Waals surface area contributed by atoms with Crippen LogP contribution in [0.3, 0.4) is 0 Å². The first-order valence-electron chi connectivity index (χ1n) is 10.1. The Balaban J connectivity index is 1.49. The highest BCUT2D eigenvalue weighted by Gasteiger charge is 2.57. The molecule has 1 aliphatic rings. The Kier molecular flexibility index (Phi) is 4.73. The molecule has 2 amide bonds. The molecule has 1 saturated carbocycles. The summed E-state index contributed by atoms with van der Waals surface area (Å²) in [7, 11) is 0. The molecule has 0 atom stereocenters. The number of anilines is 2. The SMILES string of the molecule is Cc1[nH]nc2nccc(Oc3cnc(N(C(=O)C4(C(N)=O)CC4)c4ccc(F)cc4)nc3)c12. The monoisotopic (exact) mass is 447 g/mol. The van der Waals surface area contributed by atoms with Gasteiger partial charge in [-0.15, -0.1) is 0 Å². The molecule has 0 radical (unpaired) electrons. The van der Waals surface area contributed by atoms with E-state index in [1.165, 1.54) is 41.6 Å². The van der Waals surface area contributed by atoms with Gasteiger partial charge in [-0.25, -0.2) is 24.2 Å². The largest absolute Gasteiger partial charge is 0.453 e. The van der Waals surface area contributed by atoms with Crippen LogP contribution in [0.4, 0.5) is 16.0 Å². The average Bonchev–Trinajstić information content (AvgIpc) is 3.55. The Morgan fingerprint density at radius 1 is 1.12 bits per heavy atom. The molecule has 3 N–H and O–H groups in total. The van der Waals surface area contributed by atoms with Crippen molar-refractivity contribution in [3.63, 3.8) is 0 Å². The molecule has 166 valence electrons. The molecule has 0 aliphatic heterocycles. The van der Waals surface area contributed by atoms with Crippen LogP contribution in [0.25, 0.3) is 11.0 Å². The van der Waals surface area contributed by atoms with Crippen molar-refractivity contribution in [2.45, 2.75) is 19.8 Å². The minimum Gasteiger partial charge on any atom is -0.453 e. The number of nitrogens with two attached hydrogens (primary N) is 1. The van der Waals surface area contributed by atoms with Gasteiger partial charge in [-0.05, 0) is 50.1 Å². The van der Waals surface area contributed by atoms with Crippen LogP contribution in [0.15, 0.2) is 48.9 Å². The third kappa shape index (κ3) is 3.53. The number of carbonyl (C=O) groups is 2. The first-order valence-corrected chi connectivity index (χ1v) is 10.1. The Bertz CT molecular complexity index is 1370. The third-order valence-corrected chi connectivity index (χ3v) is 5.56. The quantitative estimate of drug-likeness (QED) is 0.433. The zero-order chi connectivity index (χ0) is 23.2. The number of aryl methyl sites for hydroxylation is 1. The van der Waals surface area contributed by atoms with Gasteiger partial charge in [0.1, 0.15) is 17.0 Å². The van der Waals surface area contributed by atoms with Crippen molar-refractivity contribution in [1.82, 2.24) is 25.1 Å². The summed E-state index contributed by atoms with van der Waals surface area (Å²) in [5.74, 6) is -0.901. The summed E-state index contributed by atoms with van der Waals surface area (Å²) in [4.78, 5) is 39.1. The number of ether oxygens (including phenoxy) is 1. The van der Waals surface area contributed by atoms with Crippen LogP contribution in [-0.2, 0) is 9.59 Å². The maximum Gasteiger partial charge on any atom is 0.249 e. The summed E-state index contributed by atoms with van der Waals surface area (Å²) < 4.78 is 19.4. The fraction of sp³-hybridized carbons (Fsp3) is 0.182. The number of halogens is 1. The molecule has 1 aliphatic carbocycles. The van der Waals surface area contributed by atoms with Crippen molar-refractivity contribution >= 4 is 34.5 Å². The number of fused-ring (bicyclic) bond motifs is 1. The molecule has 3 heterocycles. The number of benzene rings is 1. The maximum atomic E-state index is 13.5. The Morgan fingerprint density at radius 3 is 2.45 bits per heavy atom. The highest BCUT2D eigenvalue weighted by atomic mass is 19.1. The van der Waals surface area contributed by atoms with E-state index < -0.39 is 23.0 Å². The van der Waals surface area contributed by atoms with Crippen LogP contribution >= 0.6 is 0 Å². The standard InChI is InChI=1S/C22H18FN7O3/c1-12-17-16(6-9-25-18(17)29-28-12)33-15-10-26-21(27-11-15)30(14-4-2-13(23)3-5-14)20(32)22(7-8-22)19(24)31/h2-6,9-11H,7-8H2,1H3,(H2,24,31)(H,25,28,29). The van der Waals surface area contributed by atoms with Crippen molar-refractivity contribution < 1.29 is 18.7 Å². The summed E-state index contributed by atoms with van der Waals surface area (Å²) in [5, 5.41) is 7.69. The van der Waals surface area contributed by atoms with Crippen LogP contribution in [0.2, 0.25) is 0 Å². The van der Waals surface area contributed by atoms with Gasteiger partial charge in [-0.3, -0.25) is 14.7 Å². The second-order valence-electron chi connectivity index (χ2n) is 7.74. The van der Waals surface area contributed by atoms with Crippen LogP contribution in [0.5, 0.6) is 11.5 Å². The van der Waals surface area contributed by atoms with Crippen molar-refractivity contribution in [2.24, 2.45) is 11.1 Å². The van der Waals surface area contributed by atoms with Crippen molar-refractivity contribution in [3.8, 4) is 11.5 Å². The molecule has 33 heavy (non-hydrogen) atoms. The van der Waals surface area contributed by atoms with Gasteiger partial charge in [0.2, 0.25) is 17.8 Å².